The quantitative estimate of drug-likeness (QED) is 0.631. The first-order valence-corrected chi connectivity index (χ1v) is 9.30. The van der Waals surface area contributed by atoms with E-state index in [1.54, 1.807) is 12.1 Å². The van der Waals surface area contributed by atoms with Crippen molar-refractivity contribution in [2.75, 3.05) is 5.32 Å². The summed E-state index contributed by atoms with van der Waals surface area (Å²) in [7, 11) is 0. The smallest absolute Gasteiger partial charge is 0.319 e. The number of amides is 2. The van der Waals surface area contributed by atoms with Gasteiger partial charge in [0.2, 0.25) is 5.89 Å². The first-order valence-electron chi connectivity index (χ1n) is 8.92. The number of hydrogen-bond acceptors (Lipinski definition) is 3. The Morgan fingerprint density at radius 2 is 1.92 bits per heavy atom. The largest absolute Gasteiger partial charge is 0.436 e. The Morgan fingerprint density at radius 3 is 2.73 bits per heavy atom. The van der Waals surface area contributed by atoms with E-state index in [4.69, 9.17) is 16.0 Å². The Labute approximate surface area is 156 Å². The average Bonchev–Trinajstić information content (AvgIpc) is 3.06. The molecule has 6 heteroatoms. The van der Waals surface area contributed by atoms with Crippen LogP contribution in [0.2, 0.25) is 5.02 Å². The number of urea groups is 1. The summed E-state index contributed by atoms with van der Waals surface area (Å²) in [6.45, 7) is 0. The van der Waals surface area contributed by atoms with Gasteiger partial charge in [0, 0.05) is 17.8 Å². The number of rotatable bonds is 3. The predicted molar refractivity (Wildman–Crippen MR) is 103 cm³/mol. The fraction of sp³-hybridized carbons (Fsp3) is 0.300. The highest BCUT2D eigenvalue weighted by Crippen LogP contribution is 2.30. The molecule has 5 nitrogen and oxygen atoms in total. The molecule has 2 aromatic carbocycles. The van der Waals surface area contributed by atoms with Crippen molar-refractivity contribution in [1.82, 2.24) is 10.3 Å². The monoisotopic (exact) mass is 369 g/mol. The van der Waals surface area contributed by atoms with Crippen LogP contribution in [0.25, 0.3) is 22.6 Å². The normalized spacial score (nSPS) is 15.1. The van der Waals surface area contributed by atoms with Gasteiger partial charge in [-0.1, -0.05) is 43.0 Å². The van der Waals surface area contributed by atoms with Gasteiger partial charge < -0.3 is 15.1 Å². The van der Waals surface area contributed by atoms with Crippen LogP contribution >= 0.6 is 11.6 Å². The molecule has 134 valence electrons. The van der Waals surface area contributed by atoms with Crippen molar-refractivity contribution in [1.29, 1.82) is 0 Å². The van der Waals surface area contributed by atoms with Gasteiger partial charge in [-0.3, -0.25) is 0 Å². The van der Waals surface area contributed by atoms with Crippen LogP contribution < -0.4 is 10.6 Å². The van der Waals surface area contributed by atoms with Crippen molar-refractivity contribution in [2.45, 2.75) is 38.1 Å². The molecule has 2 N–H and O–H groups in total. The van der Waals surface area contributed by atoms with Crippen molar-refractivity contribution in [3.05, 3.63) is 47.5 Å². The van der Waals surface area contributed by atoms with E-state index in [0.29, 0.717) is 22.2 Å². The molecular weight excluding hydrogens is 350 g/mol. The zero-order chi connectivity index (χ0) is 17.9. The zero-order valence-corrected chi connectivity index (χ0v) is 15.1. The van der Waals surface area contributed by atoms with E-state index in [1.807, 2.05) is 30.3 Å². The number of carbonyl (C=O) groups excluding carboxylic acids is 1. The van der Waals surface area contributed by atoms with Crippen molar-refractivity contribution < 1.29 is 9.21 Å². The van der Waals surface area contributed by atoms with Gasteiger partial charge in [0.15, 0.2) is 5.58 Å². The van der Waals surface area contributed by atoms with Crippen LogP contribution in [-0.4, -0.2) is 17.1 Å². The molecule has 0 spiro atoms. The molecule has 1 heterocycles. The second-order valence-corrected chi connectivity index (χ2v) is 7.02. The van der Waals surface area contributed by atoms with Crippen LogP contribution in [-0.2, 0) is 0 Å². The molecule has 0 atom stereocenters. The predicted octanol–water partition coefficient (Wildman–Crippen LogP) is 5.60. The number of benzene rings is 2. The summed E-state index contributed by atoms with van der Waals surface area (Å²) in [5, 5.41) is 6.51. The third kappa shape index (κ3) is 3.68. The lowest BCUT2D eigenvalue weighted by molar-refractivity contribution is 0.244. The molecule has 0 aliphatic heterocycles. The topological polar surface area (TPSA) is 67.2 Å². The Kier molecular flexibility index (Phi) is 4.80. The molecule has 0 saturated heterocycles. The molecule has 3 aromatic rings. The lowest BCUT2D eigenvalue weighted by atomic mass is 9.96. The Bertz CT molecular complexity index is 932. The number of halogens is 1. The minimum absolute atomic E-state index is 0.179. The van der Waals surface area contributed by atoms with Gasteiger partial charge in [0.1, 0.15) is 5.52 Å². The third-order valence-corrected chi connectivity index (χ3v) is 5.02. The van der Waals surface area contributed by atoms with E-state index in [1.165, 1.54) is 19.3 Å². The van der Waals surface area contributed by atoms with Crippen molar-refractivity contribution in [3.8, 4) is 11.5 Å². The molecule has 2 amide bonds. The van der Waals surface area contributed by atoms with Gasteiger partial charge in [-0.2, -0.15) is 0 Å². The Balaban J connectivity index is 1.50. The maximum absolute atomic E-state index is 12.2. The summed E-state index contributed by atoms with van der Waals surface area (Å²) in [5.74, 6) is 0.467. The minimum atomic E-state index is -0.179. The van der Waals surface area contributed by atoms with E-state index in [-0.39, 0.29) is 12.1 Å². The fourth-order valence-corrected chi connectivity index (χ4v) is 3.57. The van der Waals surface area contributed by atoms with Gasteiger partial charge in [-0.05, 0) is 37.1 Å². The summed E-state index contributed by atoms with van der Waals surface area (Å²) in [4.78, 5) is 16.7. The molecule has 1 aliphatic rings. The molecule has 1 saturated carbocycles. The van der Waals surface area contributed by atoms with Crippen molar-refractivity contribution in [2.24, 2.45) is 0 Å². The molecule has 0 radical (unpaired) electrons. The second kappa shape index (κ2) is 7.38. The number of hydrogen-bond donors (Lipinski definition) is 2. The second-order valence-electron chi connectivity index (χ2n) is 6.61. The number of nitrogens with one attached hydrogen (secondary N) is 2. The Hall–Kier alpha value is -2.53. The SMILES string of the molecule is O=C(Nc1ccc2nc(-c3ccccc3Cl)oc2c1)NC1CCCCC1. The highest BCUT2D eigenvalue weighted by atomic mass is 35.5. The molecular formula is C20H20ClN3O2. The van der Waals surface area contributed by atoms with E-state index < -0.39 is 0 Å². The zero-order valence-electron chi connectivity index (χ0n) is 14.3. The summed E-state index contributed by atoms with van der Waals surface area (Å²) in [5.41, 5.74) is 2.75. The van der Waals surface area contributed by atoms with E-state index in [9.17, 15) is 4.79 Å². The molecule has 4 rings (SSSR count). The molecule has 26 heavy (non-hydrogen) atoms. The van der Waals surface area contributed by atoms with Crippen LogP contribution in [0.4, 0.5) is 10.5 Å². The van der Waals surface area contributed by atoms with Crippen LogP contribution in [0, 0.1) is 0 Å². The number of fused-ring (bicyclic) bond motifs is 1. The van der Waals surface area contributed by atoms with Gasteiger partial charge in [0.05, 0.1) is 10.6 Å². The molecule has 1 aromatic heterocycles. The van der Waals surface area contributed by atoms with Gasteiger partial charge in [-0.25, -0.2) is 9.78 Å². The fourth-order valence-electron chi connectivity index (χ4n) is 3.35. The standard InChI is InChI=1S/C20H20ClN3O2/c21-16-9-5-4-8-15(16)19-24-17-11-10-14(12-18(17)26-19)23-20(25)22-13-6-2-1-3-7-13/h4-5,8-13H,1-3,6-7H2,(H2,22,23,25). The lowest BCUT2D eigenvalue weighted by Gasteiger charge is -2.22. The van der Waals surface area contributed by atoms with Gasteiger partial charge >= 0.3 is 6.03 Å². The molecule has 0 unspecified atom stereocenters. The molecule has 1 aliphatic carbocycles. The van der Waals surface area contributed by atoms with Gasteiger partial charge in [0.25, 0.3) is 0 Å². The van der Waals surface area contributed by atoms with Crippen LogP contribution in [0.1, 0.15) is 32.1 Å². The van der Waals surface area contributed by atoms with E-state index in [0.717, 1.165) is 23.9 Å². The molecule has 0 bridgehead atoms. The molecule has 1 fully saturated rings. The summed E-state index contributed by atoms with van der Waals surface area (Å²) in [6.07, 6.45) is 5.72. The van der Waals surface area contributed by atoms with Crippen LogP contribution in [0.15, 0.2) is 46.9 Å². The summed E-state index contributed by atoms with van der Waals surface area (Å²) < 4.78 is 5.84. The van der Waals surface area contributed by atoms with Crippen LogP contribution in [0.5, 0.6) is 0 Å². The number of anilines is 1. The summed E-state index contributed by atoms with van der Waals surface area (Å²) in [6, 6.07) is 12.9. The van der Waals surface area contributed by atoms with Crippen molar-refractivity contribution in [3.63, 3.8) is 0 Å². The highest BCUT2D eigenvalue weighted by molar-refractivity contribution is 6.33. The Morgan fingerprint density at radius 1 is 1.12 bits per heavy atom. The number of nitrogens with zero attached hydrogens (tertiary/aromatic N) is 1. The summed E-state index contributed by atoms with van der Waals surface area (Å²) >= 11 is 6.21. The maximum atomic E-state index is 12.2. The first-order chi connectivity index (χ1) is 12.7. The minimum Gasteiger partial charge on any atom is -0.436 e. The number of oxazole rings is 1. The van der Waals surface area contributed by atoms with Gasteiger partial charge in [-0.15, -0.1) is 0 Å². The highest BCUT2D eigenvalue weighted by Gasteiger charge is 2.16. The average molecular weight is 370 g/mol. The maximum Gasteiger partial charge on any atom is 0.319 e. The van der Waals surface area contributed by atoms with E-state index in [2.05, 4.69) is 15.6 Å². The van der Waals surface area contributed by atoms with Crippen molar-refractivity contribution >= 4 is 34.4 Å². The number of carbonyl (C=O) groups is 1. The van der Waals surface area contributed by atoms with E-state index >= 15 is 0 Å². The first kappa shape index (κ1) is 16.9. The lowest BCUT2D eigenvalue weighted by Crippen LogP contribution is -2.38. The number of aromatic nitrogens is 1. The van der Waals surface area contributed by atoms with Crippen LogP contribution in [0.3, 0.4) is 0 Å². The third-order valence-electron chi connectivity index (χ3n) is 4.69.